The lowest BCUT2D eigenvalue weighted by Gasteiger charge is -2.16. The Hall–Kier alpha value is -0.220. The number of ether oxygens (including phenoxy) is 1. The van der Waals surface area contributed by atoms with E-state index in [-0.39, 0.29) is 11.9 Å². The van der Waals surface area contributed by atoms with Gasteiger partial charge in [-0.15, -0.1) is 0 Å². The number of esters is 1. The molecule has 0 aromatic carbocycles. The lowest BCUT2D eigenvalue weighted by Crippen LogP contribution is -2.34. The van der Waals surface area contributed by atoms with Crippen molar-refractivity contribution < 1.29 is 9.53 Å². The summed E-state index contributed by atoms with van der Waals surface area (Å²) >= 11 is 1.95. The second kappa shape index (κ2) is 9.97. The monoisotopic (exact) mass is 247 g/mol. The summed E-state index contributed by atoms with van der Waals surface area (Å²) in [7, 11) is 0. The fourth-order valence-electron chi connectivity index (χ4n) is 1.25. The van der Waals surface area contributed by atoms with Crippen LogP contribution >= 0.6 is 11.8 Å². The molecule has 16 heavy (non-hydrogen) atoms. The Kier molecular flexibility index (Phi) is 9.83. The summed E-state index contributed by atoms with van der Waals surface area (Å²) in [5.74, 6) is 2.19. The summed E-state index contributed by atoms with van der Waals surface area (Å²) in [6.07, 6.45) is 1.15. The van der Waals surface area contributed by atoms with Gasteiger partial charge in [0.25, 0.3) is 0 Å². The van der Waals surface area contributed by atoms with Crippen LogP contribution in [0.1, 0.15) is 34.1 Å². The van der Waals surface area contributed by atoms with E-state index in [2.05, 4.69) is 19.2 Å². The van der Waals surface area contributed by atoms with E-state index in [0.29, 0.717) is 19.2 Å². The Morgan fingerprint density at radius 2 is 2.06 bits per heavy atom. The Labute approximate surface area is 104 Å². The lowest BCUT2D eigenvalue weighted by atomic mass is 10.1. The molecule has 0 aliphatic rings. The summed E-state index contributed by atoms with van der Waals surface area (Å²) in [4.78, 5) is 11.3. The smallest absolute Gasteiger partial charge is 0.309 e. The van der Waals surface area contributed by atoms with Crippen LogP contribution in [0.25, 0.3) is 0 Å². The highest BCUT2D eigenvalue weighted by atomic mass is 32.2. The predicted molar refractivity (Wildman–Crippen MR) is 70.9 cm³/mol. The van der Waals surface area contributed by atoms with Crippen molar-refractivity contribution in [2.24, 2.45) is 5.92 Å². The van der Waals surface area contributed by atoms with E-state index in [4.69, 9.17) is 4.74 Å². The number of hydrogen-bond donors (Lipinski definition) is 1. The molecule has 0 aromatic rings. The molecule has 0 radical (unpaired) electrons. The molecule has 0 aliphatic heterocycles. The van der Waals surface area contributed by atoms with Crippen LogP contribution in [-0.2, 0) is 9.53 Å². The molecule has 0 fully saturated rings. The first-order valence-corrected chi connectivity index (χ1v) is 7.25. The molecule has 96 valence electrons. The highest BCUT2D eigenvalue weighted by Crippen LogP contribution is 2.04. The zero-order valence-electron chi connectivity index (χ0n) is 10.9. The number of carbonyl (C=O) groups is 1. The minimum atomic E-state index is -0.106. The van der Waals surface area contributed by atoms with Crippen LogP contribution in [0.2, 0.25) is 0 Å². The van der Waals surface area contributed by atoms with Crippen molar-refractivity contribution in [3.05, 3.63) is 0 Å². The van der Waals surface area contributed by atoms with Gasteiger partial charge in [-0.2, -0.15) is 11.8 Å². The second-order valence-corrected chi connectivity index (χ2v) is 5.34. The summed E-state index contributed by atoms with van der Waals surface area (Å²) in [6, 6.07) is 0.468. The fourth-order valence-corrected chi connectivity index (χ4v) is 2.06. The third-order valence-electron chi connectivity index (χ3n) is 2.36. The Morgan fingerprint density at radius 3 is 2.62 bits per heavy atom. The van der Waals surface area contributed by atoms with Gasteiger partial charge >= 0.3 is 5.97 Å². The third kappa shape index (κ3) is 7.99. The SMILES string of the molecule is CCOC(=O)C(C)CNC(C)CCSCC. The number of carbonyl (C=O) groups excluding carboxylic acids is 1. The van der Waals surface area contributed by atoms with E-state index in [1.807, 2.05) is 25.6 Å². The maximum absolute atomic E-state index is 11.3. The number of rotatable bonds is 9. The van der Waals surface area contributed by atoms with E-state index >= 15 is 0 Å². The number of nitrogens with one attached hydrogen (secondary N) is 1. The van der Waals surface area contributed by atoms with Crippen LogP contribution < -0.4 is 5.32 Å². The molecule has 0 rings (SSSR count). The molecule has 4 heteroatoms. The normalized spacial score (nSPS) is 14.5. The van der Waals surface area contributed by atoms with Crippen molar-refractivity contribution in [2.45, 2.75) is 40.2 Å². The van der Waals surface area contributed by atoms with Crippen molar-refractivity contribution >= 4 is 17.7 Å². The molecule has 0 aliphatic carbocycles. The maximum atomic E-state index is 11.3. The zero-order valence-corrected chi connectivity index (χ0v) is 11.7. The highest BCUT2D eigenvalue weighted by Gasteiger charge is 2.14. The quantitative estimate of drug-likeness (QED) is 0.501. The minimum Gasteiger partial charge on any atom is -0.466 e. The van der Waals surface area contributed by atoms with Gasteiger partial charge in [0.1, 0.15) is 0 Å². The zero-order chi connectivity index (χ0) is 12.4. The van der Waals surface area contributed by atoms with Crippen LogP contribution in [-0.4, -0.2) is 36.7 Å². The molecule has 0 aromatic heterocycles. The average molecular weight is 247 g/mol. The molecule has 0 bridgehead atoms. The highest BCUT2D eigenvalue weighted by molar-refractivity contribution is 7.99. The van der Waals surface area contributed by atoms with Gasteiger partial charge in [-0.05, 0) is 31.8 Å². The van der Waals surface area contributed by atoms with E-state index in [9.17, 15) is 4.79 Å². The average Bonchev–Trinajstić information content (AvgIpc) is 2.26. The van der Waals surface area contributed by atoms with Crippen LogP contribution in [0.5, 0.6) is 0 Å². The maximum Gasteiger partial charge on any atom is 0.309 e. The van der Waals surface area contributed by atoms with Crippen molar-refractivity contribution in [2.75, 3.05) is 24.7 Å². The summed E-state index contributed by atoms with van der Waals surface area (Å²) in [6.45, 7) is 9.24. The lowest BCUT2D eigenvalue weighted by molar-refractivity contribution is -0.147. The number of hydrogen-bond acceptors (Lipinski definition) is 4. The summed E-state index contributed by atoms with van der Waals surface area (Å²) < 4.78 is 4.95. The van der Waals surface area contributed by atoms with E-state index in [1.54, 1.807) is 0 Å². The molecule has 0 heterocycles. The Bertz CT molecular complexity index is 188. The van der Waals surface area contributed by atoms with Crippen LogP contribution in [0, 0.1) is 5.92 Å². The predicted octanol–water partition coefficient (Wildman–Crippen LogP) is 2.31. The molecule has 2 unspecified atom stereocenters. The molecule has 0 saturated heterocycles. The van der Waals surface area contributed by atoms with Gasteiger partial charge in [0.05, 0.1) is 12.5 Å². The van der Waals surface area contributed by atoms with E-state index in [0.717, 1.165) is 6.42 Å². The molecule has 0 spiro atoms. The van der Waals surface area contributed by atoms with Gasteiger partial charge in [0.15, 0.2) is 0 Å². The van der Waals surface area contributed by atoms with Gasteiger partial charge in [-0.25, -0.2) is 0 Å². The van der Waals surface area contributed by atoms with Gasteiger partial charge in [-0.3, -0.25) is 4.79 Å². The van der Waals surface area contributed by atoms with Crippen molar-refractivity contribution in [1.29, 1.82) is 0 Å². The van der Waals surface area contributed by atoms with Crippen LogP contribution in [0.4, 0.5) is 0 Å². The van der Waals surface area contributed by atoms with Crippen molar-refractivity contribution in [3.8, 4) is 0 Å². The summed E-state index contributed by atoms with van der Waals surface area (Å²) in [5, 5.41) is 3.37. The van der Waals surface area contributed by atoms with E-state index < -0.39 is 0 Å². The molecular weight excluding hydrogens is 222 g/mol. The van der Waals surface area contributed by atoms with Crippen molar-refractivity contribution in [1.82, 2.24) is 5.32 Å². The Morgan fingerprint density at radius 1 is 1.38 bits per heavy atom. The van der Waals surface area contributed by atoms with Gasteiger partial charge < -0.3 is 10.1 Å². The standard InChI is InChI=1S/C12H25NO2S/c1-5-15-12(14)10(3)9-13-11(4)7-8-16-6-2/h10-11,13H,5-9H2,1-4H3. The van der Waals surface area contributed by atoms with Gasteiger partial charge in [-0.1, -0.05) is 13.8 Å². The summed E-state index contributed by atoms with van der Waals surface area (Å²) in [5.41, 5.74) is 0. The molecule has 0 saturated carbocycles. The van der Waals surface area contributed by atoms with Gasteiger partial charge in [0, 0.05) is 12.6 Å². The molecule has 3 nitrogen and oxygen atoms in total. The molecular formula is C12H25NO2S. The largest absolute Gasteiger partial charge is 0.466 e. The second-order valence-electron chi connectivity index (χ2n) is 3.95. The molecule has 0 amide bonds. The fraction of sp³-hybridized carbons (Fsp3) is 0.917. The van der Waals surface area contributed by atoms with Crippen LogP contribution in [0.3, 0.4) is 0 Å². The first kappa shape index (κ1) is 15.8. The third-order valence-corrected chi connectivity index (χ3v) is 3.29. The number of thioether (sulfide) groups is 1. The van der Waals surface area contributed by atoms with Gasteiger partial charge in [0.2, 0.25) is 0 Å². The minimum absolute atomic E-state index is 0.0544. The first-order valence-electron chi connectivity index (χ1n) is 6.09. The topological polar surface area (TPSA) is 38.3 Å². The molecule has 2 atom stereocenters. The Balaban J connectivity index is 3.57. The van der Waals surface area contributed by atoms with Crippen LogP contribution in [0.15, 0.2) is 0 Å². The molecule has 1 N–H and O–H groups in total. The van der Waals surface area contributed by atoms with E-state index in [1.165, 1.54) is 11.5 Å². The first-order chi connectivity index (χ1) is 7.61. The van der Waals surface area contributed by atoms with Crippen molar-refractivity contribution in [3.63, 3.8) is 0 Å².